The Morgan fingerprint density at radius 1 is 1.15 bits per heavy atom. The highest BCUT2D eigenvalue weighted by molar-refractivity contribution is 7.99. The Morgan fingerprint density at radius 2 is 1.88 bits per heavy atom. The Morgan fingerprint density at radius 3 is 2.52 bits per heavy atom. The quantitative estimate of drug-likeness (QED) is 0.393. The molecule has 176 valence electrons. The van der Waals surface area contributed by atoms with Gasteiger partial charge in [0, 0.05) is 19.3 Å². The summed E-state index contributed by atoms with van der Waals surface area (Å²) in [6.07, 6.45) is 1.61. The van der Waals surface area contributed by atoms with Gasteiger partial charge in [-0.2, -0.15) is 8.78 Å². The van der Waals surface area contributed by atoms with Crippen LogP contribution in [0.1, 0.15) is 30.9 Å². The van der Waals surface area contributed by atoms with Crippen LogP contribution < -0.4 is 9.47 Å². The molecule has 2 aromatic carbocycles. The second-order valence-corrected chi connectivity index (χ2v) is 8.57. The fourth-order valence-corrected chi connectivity index (χ4v) is 4.00. The van der Waals surface area contributed by atoms with E-state index in [0.29, 0.717) is 16.6 Å². The number of aromatic nitrogens is 3. The summed E-state index contributed by atoms with van der Waals surface area (Å²) in [5, 5.41) is 8.71. The van der Waals surface area contributed by atoms with Crippen molar-refractivity contribution in [3.8, 4) is 17.2 Å². The van der Waals surface area contributed by atoms with Crippen molar-refractivity contribution in [3.05, 3.63) is 59.9 Å². The maximum absolute atomic E-state index is 12.7. The number of halogens is 2. The van der Waals surface area contributed by atoms with Crippen LogP contribution in [0.3, 0.4) is 0 Å². The minimum atomic E-state index is -2.97. The molecule has 1 heterocycles. The molecule has 33 heavy (non-hydrogen) atoms. The number of hydrogen-bond donors (Lipinski definition) is 0. The van der Waals surface area contributed by atoms with Crippen molar-refractivity contribution in [2.75, 3.05) is 19.9 Å². The van der Waals surface area contributed by atoms with Crippen LogP contribution in [0.5, 0.6) is 11.5 Å². The minimum absolute atomic E-state index is 0.0724. The zero-order valence-corrected chi connectivity index (χ0v) is 19.7. The van der Waals surface area contributed by atoms with Crippen molar-refractivity contribution in [3.63, 3.8) is 0 Å². The number of carbonyl (C=O) groups excluding carboxylic acids is 1. The first-order chi connectivity index (χ1) is 15.8. The Hall–Kier alpha value is -3.14. The minimum Gasteiger partial charge on any atom is -0.493 e. The molecule has 1 amide bonds. The number of alkyl halides is 2. The number of ether oxygens (including phenoxy) is 2. The lowest BCUT2D eigenvalue weighted by atomic mass is 10.0. The molecule has 0 atom stereocenters. The molecule has 1 aromatic heterocycles. The van der Waals surface area contributed by atoms with Crippen molar-refractivity contribution < 1.29 is 23.0 Å². The third-order valence-electron chi connectivity index (χ3n) is 4.97. The van der Waals surface area contributed by atoms with Gasteiger partial charge in [0.25, 0.3) is 0 Å². The van der Waals surface area contributed by atoms with Gasteiger partial charge in [-0.25, -0.2) is 0 Å². The Bertz CT molecular complexity index is 1070. The second kappa shape index (κ2) is 11.1. The summed E-state index contributed by atoms with van der Waals surface area (Å²) in [5.74, 6) is 0.569. The van der Waals surface area contributed by atoms with E-state index < -0.39 is 6.61 Å². The van der Waals surface area contributed by atoms with Gasteiger partial charge in [0.1, 0.15) is 6.33 Å². The maximum atomic E-state index is 12.7. The molecule has 0 N–H and O–H groups in total. The van der Waals surface area contributed by atoms with Crippen molar-refractivity contribution in [2.24, 2.45) is 0 Å². The summed E-state index contributed by atoms with van der Waals surface area (Å²) in [7, 11) is 3.02. The summed E-state index contributed by atoms with van der Waals surface area (Å²) >= 11 is 1.28. The van der Waals surface area contributed by atoms with Gasteiger partial charge in [-0.1, -0.05) is 43.8 Å². The number of methoxy groups -OCH3 is 1. The number of rotatable bonds is 10. The molecule has 0 aliphatic heterocycles. The van der Waals surface area contributed by atoms with E-state index in [-0.39, 0.29) is 29.7 Å². The third-order valence-corrected chi connectivity index (χ3v) is 5.90. The van der Waals surface area contributed by atoms with Gasteiger partial charge in [0.2, 0.25) is 5.91 Å². The average molecular weight is 477 g/mol. The highest BCUT2D eigenvalue weighted by Gasteiger charge is 2.16. The molecule has 0 spiro atoms. The molecule has 3 rings (SSSR count). The van der Waals surface area contributed by atoms with E-state index in [1.54, 1.807) is 19.4 Å². The van der Waals surface area contributed by atoms with Crippen LogP contribution in [-0.2, 0) is 11.3 Å². The number of thioether (sulfide) groups is 1. The summed E-state index contributed by atoms with van der Waals surface area (Å²) < 4.78 is 36.7. The molecule has 0 aliphatic rings. The molecule has 0 bridgehead atoms. The molecule has 0 unspecified atom stereocenters. The SMILES string of the molecule is COc1ccc(CN(C)C(=O)CSc2nncn2-c2ccc(C(C)C)cc2)cc1OC(F)F. The van der Waals surface area contributed by atoms with Crippen molar-refractivity contribution >= 4 is 17.7 Å². The lowest BCUT2D eigenvalue weighted by Gasteiger charge is -2.18. The van der Waals surface area contributed by atoms with Gasteiger partial charge < -0.3 is 14.4 Å². The largest absolute Gasteiger partial charge is 0.493 e. The molecule has 0 fully saturated rings. The van der Waals surface area contributed by atoms with Gasteiger partial charge in [-0.05, 0) is 41.3 Å². The number of carbonyl (C=O) groups is 1. The molecule has 0 saturated carbocycles. The Balaban J connectivity index is 1.62. The Labute approximate surface area is 195 Å². The first-order valence-electron chi connectivity index (χ1n) is 10.3. The number of benzene rings is 2. The van der Waals surface area contributed by atoms with E-state index in [4.69, 9.17) is 4.74 Å². The zero-order chi connectivity index (χ0) is 24.0. The highest BCUT2D eigenvalue weighted by Crippen LogP contribution is 2.30. The van der Waals surface area contributed by atoms with Crippen LogP contribution in [0, 0.1) is 0 Å². The zero-order valence-electron chi connectivity index (χ0n) is 18.9. The number of amides is 1. The second-order valence-electron chi connectivity index (χ2n) is 7.63. The molecular formula is C23H26F2N4O3S. The summed E-state index contributed by atoms with van der Waals surface area (Å²) in [5.41, 5.74) is 2.79. The first-order valence-corrected chi connectivity index (χ1v) is 11.3. The predicted molar refractivity (Wildman–Crippen MR) is 122 cm³/mol. The van der Waals surface area contributed by atoms with Crippen LogP contribution in [0.25, 0.3) is 5.69 Å². The van der Waals surface area contributed by atoms with Gasteiger partial charge in [-0.15, -0.1) is 10.2 Å². The fraction of sp³-hybridized carbons (Fsp3) is 0.348. The molecule has 0 aliphatic carbocycles. The highest BCUT2D eigenvalue weighted by atomic mass is 32.2. The maximum Gasteiger partial charge on any atom is 0.387 e. The summed E-state index contributed by atoms with van der Waals surface area (Å²) in [6.45, 7) is 1.53. The van der Waals surface area contributed by atoms with Gasteiger partial charge in [0.15, 0.2) is 16.7 Å². The van der Waals surface area contributed by atoms with Crippen LogP contribution >= 0.6 is 11.8 Å². The molecule has 10 heteroatoms. The smallest absolute Gasteiger partial charge is 0.387 e. The van der Waals surface area contributed by atoms with Crippen LogP contribution in [-0.4, -0.2) is 52.1 Å². The number of hydrogen-bond acceptors (Lipinski definition) is 6. The molecular weight excluding hydrogens is 450 g/mol. The van der Waals surface area contributed by atoms with E-state index in [0.717, 1.165) is 5.69 Å². The average Bonchev–Trinajstić information content (AvgIpc) is 3.26. The van der Waals surface area contributed by atoms with Crippen LogP contribution in [0.4, 0.5) is 8.78 Å². The standard InChI is InChI=1S/C23H26F2N4O3S/c1-15(2)17-6-8-18(9-7-17)29-14-26-27-23(29)33-13-21(30)28(3)12-16-5-10-19(31-4)20(11-16)32-22(24)25/h5-11,14-15,22H,12-13H2,1-4H3. The van der Waals surface area contributed by atoms with Gasteiger partial charge >= 0.3 is 6.61 Å². The van der Waals surface area contributed by atoms with Gasteiger partial charge in [0.05, 0.1) is 12.9 Å². The van der Waals surface area contributed by atoms with Crippen molar-refractivity contribution in [2.45, 2.75) is 38.1 Å². The molecule has 0 radical (unpaired) electrons. The van der Waals surface area contributed by atoms with Crippen LogP contribution in [0.2, 0.25) is 0 Å². The predicted octanol–water partition coefficient (Wildman–Crippen LogP) is 4.75. The van der Waals surface area contributed by atoms with E-state index in [9.17, 15) is 13.6 Å². The van der Waals surface area contributed by atoms with Crippen LogP contribution in [0.15, 0.2) is 53.9 Å². The normalized spacial score (nSPS) is 11.2. The summed E-state index contributed by atoms with van der Waals surface area (Å²) in [6, 6.07) is 12.8. The van der Waals surface area contributed by atoms with E-state index in [1.807, 2.05) is 16.7 Å². The van der Waals surface area contributed by atoms with Crippen molar-refractivity contribution in [1.82, 2.24) is 19.7 Å². The number of nitrogens with zero attached hydrogens (tertiary/aromatic N) is 4. The lowest BCUT2D eigenvalue weighted by molar-refractivity contribution is -0.127. The monoisotopic (exact) mass is 476 g/mol. The first kappa shape index (κ1) is 24.5. The van der Waals surface area contributed by atoms with Gasteiger partial charge in [-0.3, -0.25) is 9.36 Å². The van der Waals surface area contributed by atoms with E-state index in [1.165, 1.54) is 41.5 Å². The van der Waals surface area contributed by atoms with E-state index in [2.05, 4.69) is 40.9 Å². The third kappa shape index (κ3) is 6.44. The topological polar surface area (TPSA) is 69.5 Å². The lowest BCUT2D eigenvalue weighted by Crippen LogP contribution is -2.28. The summed E-state index contributed by atoms with van der Waals surface area (Å²) in [4.78, 5) is 14.2. The van der Waals surface area contributed by atoms with Crippen molar-refractivity contribution in [1.29, 1.82) is 0 Å². The van der Waals surface area contributed by atoms with E-state index >= 15 is 0 Å². The molecule has 0 saturated heterocycles. The molecule has 7 nitrogen and oxygen atoms in total. The Kier molecular flexibility index (Phi) is 8.26. The fourth-order valence-electron chi connectivity index (χ4n) is 3.13. The molecule has 3 aromatic rings.